The summed E-state index contributed by atoms with van der Waals surface area (Å²) in [6.45, 7) is 12.7. The van der Waals surface area contributed by atoms with Crippen molar-refractivity contribution in [2.24, 2.45) is 0 Å². The van der Waals surface area contributed by atoms with E-state index in [1.807, 2.05) is 38.1 Å². The first kappa shape index (κ1) is 29.0. The van der Waals surface area contributed by atoms with Gasteiger partial charge in [-0.2, -0.15) is 0 Å². The van der Waals surface area contributed by atoms with Crippen molar-refractivity contribution < 1.29 is 14.1 Å². The molecule has 1 amide bonds. The number of nitrogens with one attached hydrogen (secondary N) is 1. The lowest BCUT2D eigenvalue weighted by atomic mass is 9.99. The largest absolute Gasteiger partial charge is 0.400 e. The van der Waals surface area contributed by atoms with Crippen LogP contribution in [0.5, 0.6) is 0 Å². The van der Waals surface area contributed by atoms with Crippen molar-refractivity contribution in [2.45, 2.75) is 25.2 Å². The van der Waals surface area contributed by atoms with Crippen LogP contribution in [0.3, 0.4) is 0 Å². The fraction of sp³-hybridized carbons (Fsp3) is 0.207. The van der Waals surface area contributed by atoms with Crippen LogP contribution in [0, 0.1) is 13.8 Å². The second kappa shape index (κ2) is 13.3. The summed E-state index contributed by atoms with van der Waals surface area (Å²) in [5.41, 5.74) is 6.25. The molecule has 1 aliphatic heterocycles. The Bertz CT molecular complexity index is 1400. The van der Waals surface area contributed by atoms with Gasteiger partial charge in [0.05, 0.1) is 10.6 Å². The van der Waals surface area contributed by atoms with Gasteiger partial charge in [0.25, 0.3) is 5.91 Å². The van der Waals surface area contributed by atoms with Gasteiger partial charge in [-0.25, -0.2) is 14.2 Å². The first-order chi connectivity index (χ1) is 18.3. The maximum Gasteiger partial charge on any atom is 0.254 e. The number of aryl methyl sites for hydroxylation is 2. The van der Waals surface area contributed by atoms with Crippen molar-refractivity contribution >= 4 is 34.4 Å². The smallest absolute Gasteiger partial charge is 0.254 e. The van der Waals surface area contributed by atoms with Crippen LogP contribution in [0.4, 0.5) is 5.95 Å². The Labute approximate surface area is 231 Å². The third kappa shape index (κ3) is 6.64. The van der Waals surface area contributed by atoms with Gasteiger partial charge < -0.3 is 10.0 Å². The summed E-state index contributed by atoms with van der Waals surface area (Å²) in [5, 5.41) is 7.24. The Morgan fingerprint density at radius 2 is 1.71 bits per heavy atom. The number of hydrogen-bond acceptors (Lipinski definition) is 5. The molecule has 0 fully saturated rings. The van der Waals surface area contributed by atoms with E-state index in [1.165, 1.54) is 0 Å². The fourth-order valence-electron chi connectivity index (χ4n) is 4.28. The highest BCUT2D eigenvalue weighted by atomic mass is 35.5. The number of carbonyl (C=O) groups is 1. The summed E-state index contributed by atoms with van der Waals surface area (Å²) in [6, 6.07) is 14.4. The highest BCUT2D eigenvalue weighted by Gasteiger charge is 2.22. The van der Waals surface area contributed by atoms with Gasteiger partial charge in [-0.3, -0.25) is 9.52 Å². The normalized spacial score (nSPS) is 13.8. The van der Waals surface area contributed by atoms with Crippen molar-refractivity contribution in [1.82, 2.24) is 14.9 Å². The highest BCUT2D eigenvalue weighted by molar-refractivity contribution is 7.86. The minimum atomic E-state index is -1.71. The molecular weight excluding hydrogens is 520 g/mol. The lowest BCUT2D eigenvalue weighted by Gasteiger charge is -2.29. The topological polar surface area (TPSA) is 95.4 Å². The van der Waals surface area contributed by atoms with E-state index in [1.54, 1.807) is 41.3 Å². The average molecular weight is 551 g/mol. The number of amides is 1. The van der Waals surface area contributed by atoms with Crippen molar-refractivity contribution in [2.75, 3.05) is 24.9 Å². The molecular formula is C29H31ClN4O3S. The predicted molar refractivity (Wildman–Crippen MR) is 155 cm³/mol. The monoisotopic (exact) mass is 550 g/mol. The molecule has 9 heteroatoms. The van der Waals surface area contributed by atoms with E-state index in [2.05, 4.69) is 27.8 Å². The van der Waals surface area contributed by atoms with Crippen LogP contribution in [0.25, 0.3) is 11.3 Å². The van der Waals surface area contributed by atoms with Crippen LogP contribution in [0.2, 0.25) is 5.15 Å². The van der Waals surface area contributed by atoms with Gasteiger partial charge >= 0.3 is 0 Å². The Balaban J connectivity index is 0.00000195. The van der Waals surface area contributed by atoms with E-state index >= 15 is 0 Å². The van der Waals surface area contributed by atoms with Gasteiger partial charge in [0.15, 0.2) is 11.0 Å². The number of nitrogens with zero attached hydrogens (tertiary/aromatic N) is 3. The summed E-state index contributed by atoms with van der Waals surface area (Å²) in [5.74, 6) is 0.0107. The summed E-state index contributed by atoms with van der Waals surface area (Å²) in [7, 11) is -0.709. The first-order valence-corrected chi connectivity index (χ1v) is 13.4. The molecule has 2 heterocycles. The average Bonchev–Trinajstić information content (AvgIpc) is 2.93. The van der Waals surface area contributed by atoms with Crippen molar-refractivity contribution in [3.8, 4) is 11.3 Å². The Morgan fingerprint density at radius 1 is 1.05 bits per heavy atom. The lowest BCUT2D eigenvalue weighted by molar-refractivity contribution is 0.0765. The van der Waals surface area contributed by atoms with Crippen LogP contribution in [-0.4, -0.2) is 50.3 Å². The number of halogens is 1. The van der Waals surface area contributed by atoms with Crippen molar-refractivity contribution in [3.05, 3.63) is 107 Å². The molecule has 7 nitrogen and oxygen atoms in total. The molecule has 0 saturated heterocycles. The molecule has 3 aromatic rings. The van der Waals surface area contributed by atoms with Crippen LogP contribution in [0.15, 0.2) is 89.9 Å². The summed E-state index contributed by atoms with van der Waals surface area (Å²) in [4.78, 5) is 24.1. The number of aromatic nitrogens is 2. The zero-order valence-corrected chi connectivity index (χ0v) is 23.3. The van der Waals surface area contributed by atoms with E-state index in [-0.39, 0.29) is 17.0 Å². The SMILES string of the molecule is C=CC1=C(C=C)CN(C(=O)c2cccc(S(=O)Nc3nc(Cl)cc(-c4c(C)cccc4C)n3)c2)CC1.CO. The van der Waals surface area contributed by atoms with E-state index in [9.17, 15) is 9.00 Å². The second-order valence-electron chi connectivity index (χ2n) is 8.50. The number of benzene rings is 2. The fourth-order valence-corrected chi connectivity index (χ4v) is 5.28. The molecule has 1 aromatic heterocycles. The van der Waals surface area contributed by atoms with Gasteiger partial charge in [-0.1, -0.05) is 61.2 Å². The van der Waals surface area contributed by atoms with E-state index in [0.29, 0.717) is 29.2 Å². The van der Waals surface area contributed by atoms with Crippen LogP contribution in [0.1, 0.15) is 27.9 Å². The van der Waals surface area contributed by atoms with Gasteiger partial charge in [0, 0.05) is 37.4 Å². The maximum absolute atomic E-state index is 13.2. The molecule has 0 aliphatic carbocycles. The number of rotatable bonds is 7. The molecule has 2 N–H and O–H groups in total. The van der Waals surface area contributed by atoms with Gasteiger partial charge in [0.1, 0.15) is 5.15 Å². The highest BCUT2D eigenvalue weighted by Crippen LogP contribution is 2.28. The molecule has 2 aromatic carbocycles. The van der Waals surface area contributed by atoms with Crippen LogP contribution >= 0.6 is 11.6 Å². The van der Waals surface area contributed by atoms with Gasteiger partial charge in [0.2, 0.25) is 5.95 Å². The quantitative estimate of drug-likeness (QED) is 0.369. The molecule has 1 unspecified atom stereocenters. The molecule has 1 atom stereocenters. The van der Waals surface area contributed by atoms with Gasteiger partial charge in [-0.05, 0) is 60.7 Å². The van der Waals surface area contributed by atoms with Crippen LogP contribution in [-0.2, 0) is 11.0 Å². The summed E-state index contributed by atoms with van der Waals surface area (Å²) in [6.07, 6.45) is 4.31. The molecule has 4 rings (SSSR count). The Hall–Kier alpha value is -3.59. The number of allylic oxidation sites excluding steroid dienone is 1. The molecule has 198 valence electrons. The Morgan fingerprint density at radius 3 is 2.37 bits per heavy atom. The molecule has 0 bridgehead atoms. The molecule has 0 radical (unpaired) electrons. The van der Waals surface area contributed by atoms with E-state index in [4.69, 9.17) is 16.7 Å². The minimum absolute atomic E-state index is 0.132. The number of aliphatic hydroxyl groups excluding tert-OH is 1. The Kier molecular flexibility index (Phi) is 10.1. The third-order valence-corrected chi connectivity index (χ3v) is 7.36. The standard InChI is InChI=1S/C28H27ClN4O2S.CH4O/c1-5-20-13-14-33(17-21(20)6-2)27(34)22-11-8-12-23(15-22)36(35)32-28-30-24(16-25(29)31-28)26-18(3)9-7-10-19(26)4;1-2/h5-12,15-16H,1-2,13-14,17H2,3-4H3,(H,30,31,32);2H,1H3. The summed E-state index contributed by atoms with van der Waals surface area (Å²) < 4.78 is 16.0. The second-order valence-corrected chi connectivity index (χ2v) is 10.1. The lowest BCUT2D eigenvalue weighted by Crippen LogP contribution is -2.36. The molecule has 38 heavy (non-hydrogen) atoms. The summed E-state index contributed by atoms with van der Waals surface area (Å²) >= 11 is 6.27. The number of aliphatic hydroxyl groups is 1. The first-order valence-electron chi connectivity index (χ1n) is 11.9. The van der Waals surface area contributed by atoms with Crippen LogP contribution < -0.4 is 4.72 Å². The number of carbonyl (C=O) groups excluding carboxylic acids is 1. The van der Waals surface area contributed by atoms with Crippen molar-refractivity contribution in [3.63, 3.8) is 0 Å². The number of anilines is 1. The van der Waals surface area contributed by atoms with E-state index < -0.39 is 11.0 Å². The maximum atomic E-state index is 13.2. The zero-order valence-electron chi connectivity index (χ0n) is 21.7. The molecule has 0 saturated carbocycles. The minimum Gasteiger partial charge on any atom is -0.400 e. The molecule has 1 aliphatic rings. The van der Waals surface area contributed by atoms with E-state index in [0.717, 1.165) is 41.4 Å². The van der Waals surface area contributed by atoms with Gasteiger partial charge in [-0.15, -0.1) is 0 Å². The third-order valence-electron chi connectivity index (χ3n) is 6.12. The zero-order chi connectivity index (χ0) is 27.8. The molecule has 0 spiro atoms. The predicted octanol–water partition coefficient (Wildman–Crippen LogP) is 5.67. The number of hydrogen-bond donors (Lipinski definition) is 2. The van der Waals surface area contributed by atoms with Crippen molar-refractivity contribution in [1.29, 1.82) is 0 Å².